The van der Waals surface area contributed by atoms with Gasteiger partial charge in [-0.15, -0.1) is 16.4 Å². The summed E-state index contributed by atoms with van der Waals surface area (Å²) in [6.45, 7) is 13.9. The number of carbonyl (C=O) groups excluding carboxylic acids is 2. The van der Waals surface area contributed by atoms with Crippen LogP contribution < -0.4 is 10.2 Å². The zero-order valence-electron chi connectivity index (χ0n) is 28.8. The van der Waals surface area contributed by atoms with Gasteiger partial charge in [-0.25, -0.2) is 9.48 Å². The Morgan fingerprint density at radius 3 is 2.31 bits per heavy atom. The first-order valence-corrected chi connectivity index (χ1v) is 21.8. The van der Waals surface area contributed by atoms with Crippen LogP contribution in [0.25, 0.3) is 0 Å². The molecule has 0 saturated heterocycles. The van der Waals surface area contributed by atoms with Crippen LogP contribution in [0, 0.1) is 17.3 Å². The minimum Gasteiger partial charge on any atom is -0.465 e. The van der Waals surface area contributed by atoms with Gasteiger partial charge in [-0.3, -0.25) is 4.79 Å². The summed E-state index contributed by atoms with van der Waals surface area (Å²) < 4.78 is 7.37. The highest BCUT2D eigenvalue weighted by molar-refractivity contribution is 7.14. The summed E-state index contributed by atoms with van der Waals surface area (Å²) in [6.07, 6.45) is 20.0. The molecule has 1 amide bonds. The van der Waals surface area contributed by atoms with Crippen LogP contribution in [0.15, 0.2) is 24.4 Å². The number of ether oxygens (including phenoxy) is 1. The fourth-order valence-corrected chi connectivity index (χ4v) is 9.66. The van der Waals surface area contributed by atoms with E-state index in [2.05, 4.69) is 79.8 Å². The molecule has 0 spiro atoms. The molecule has 0 aromatic carbocycles. The molecule has 2 aromatic heterocycles. The van der Waals surface area contributed by atoms with Gasteiger partial charge < -0.3 is 9.64 Å². The lowest BCUT2D eigenvalue weighted by atomic mass is 9.73. The van der Waals surface area contributed by atoms with Crippen molar-refractivity contribution in [2.24, 2.45) is 17.3 Å². The van der Waals surface area contributed by atoms with Gasteiger partial charge >= 0.3 is 5.97 Å². The number of esters is 1. The Kier molecular flexibility index (Phi) is 10.8. The third-order valence-electron chi connectivity index (χ3n) is 10.8. The lowest BCUT2D eigenvalue weighted by molar-refractivity contribution is -0.118. The maximum Gasteiger partial charge on any atom is 0.350 e. The summed E-state index contributed by atoms with van der Waals surface area (Å²) in [4.78, 5) is 31.3. The first-order valence-electron chi connectivity index (χ1n) is 17.5. The Morgan fingerprint density at radius 1 is 1.04 bits per heavy atom. The molecule has 2 heterocycles. The molecule has 248 valence electrons. The van der Waals surface area contributed by atoms with Crippen molar-refractivity contribution in [1.29, 1.82) is 0 Å². The molecule has 5 rings (SSSR count). The van der Waals surface area contributed by atoms with Gasteiger partial charge in [-0.1, -0.05) is 70.6 Å². The van der Waals surface area contributed by atoms with Crippen molar-refractivity contribution in [2.45, 2.75) is 142 Å². The topological polar surface area (TPSA) is 77.3 Å². The summed E-state index contributed by atoms with van der Waals surface area (Å²) in [5, 5.41) is 10.2. The van der Waals surface area contributed by atoms with Gasteiger partial charge in [0.05, 0.1) is 24.2 Å². The Balaban J connectivity index is 1.39. The molecular weight excluding hydrogens is 597 g/mol. The first-order chi connectivity index (χ1) is 21.3. The predicted molar refractivity (Wildman–Crippen MR) is 187 cm³/mol. The quantitative estimate of drug-likeness (QED) is 0.154. The molecule has 3 fully saturated rings. The van der Waals surface area contributed by atoms with Gasteiger partial charge in [0.25, 0.3) is 0 Å². The highest BCUT2D eigenvalue weighted by atomic mass is 32.1. The second kappa shape index (κ2) is 14.2. The Labute approximate surface area is 276 Å². The minimum absolute atomic E-state index is 0.0359. The molecule has 7 nitrogen and oxygen atoms in total. The molecular formula is C36H56N4O3SSi. The highest BCUT2D eigenvalue weighted by Crippen LogP contribution is 2.47. The monoisotopic (exact) mass is 652 g/mol. The molecule has 0 atom stereocenters. The SMILES string of the molecule is COC(=O)c1sc(C2CCC(C)(C)CC2)cc1N(C(=O)CC=C[C@H]1CC[C@H](C)CC1)[C@H]1CC[C@H](n2cc([Si](C)(C)C)nn2)CC1. The van der Waals surface area contributed by atoms with Crippen LogP contribution in [-0.2, 0) is 9.53 Å². The van der Waals surface area contributed by atoms with Crippen LogP contribution in [0.1, 0.15) is 131 Å². The maximum absolute atomic E-state index is 14.2. The summed E-state index contributed by atoms with van der Waals surface area (Å²) in [7, 11) is -0.0821. The molecule has 9 heteroatoms. The highest BCUT2D eigenvalue weighted by Gasteiger charge is 2.36. The summed E-state index contributed by atoms with van der Waals surface area (Å²) in [6, 6.07) is 2.50. The molecule has 0 bridgehead atoms. The molecule has 3 aliphatic rings. The first kappa shape index (κ1) is 34.1. The van der Waals surface area contributed by atoms with Gasteiger partial charge in [0.1, 0.15) is 13.0 Å². The smallest absolute Gasteiger partial charge is 0.350 e. The summed E-state index contributed by atoms with van der Waals surface area (Å²) in [5.74, 6) is 1.54. The number of hydrogen-bond donors (Lipinski definition) is 0. The van der Waals surface area contributed by atoms with Gasteiger partial charge in [0.2, 0.25) is 5.91 Å². The normalized spacial score (nSPS) is 26.2. The predicted octanol–water partition coefficient (Wildman–Crippen LogP) is 8.64. The van der Waals surface area contributed by atoms with Crippen LogP contribution in [0.4, 0.5) is 5.69 Å². The van der Waals surface area contributed by atoms with Crippen molar-refractivity contribution in [1.82, 2.24) is 15.0 Å². The molecule has 3 aliphatic carbocycles. The number of thiophene rings is 1. The second-order valence-corrected chi connectivity index (χ2v) is 22.1. The lowest BCUT2D eigenvalue weighted by Crippen LogP contribution is -2.43. The Morgan fingerprint density at radius 2 is 1.71 bits per heavy atom. The van der Waals surface area contributed by atoms with E-state index >= 15 is 0 Å². The van der Waals surface area contributed by atoms with E-state index in [0.717, 1.165) is 55.4 Å². The minimum atomic E-state index is -1.53. The Bertz CT molecular complexity index is 1330. The van der Waals surface area contributed by atoms with Crippen molar-refractivity contribution in [3.63, 3.8) is 0 Å². The second-order valence-electron chi connectivity index (χ2n) is 16.0. The van der Waals surface area contributed by atoms with E-state index in [1.807, 2.05) is 4.90 Å². The van der Waals surface area contributed by atoms with Crippen LogP contribution in [0.5, 0.6) is 0 Å². The van der Waals surface area contributed by atoms with Gasteiger partial charge in [-0.2, -0.15) is 0 Å². The standard InChI is InChI=1S/C36H56N4O3SSi/c1-25-11-13-26(14-12-25)9-8-10-33(41)40(29-17-15-28(16-18-29)39-24-32(37-38-39)45(5,6)7)30-23-31(44-34(30)35(42)43-4)27-19-21-36(2,3)22-20-27/h8-9,23-29H,10-22H2,1-7H3/t25-,26-,28-,29-. The van der Waals surface area contributed by atoms with Gasteiger partial charge in [-0.05, 0) is 93.4 Å². The van der Waals surface area contributed by atoms with Crippen LogP contribution in [-0.4, -0.2) is 48.1 Å². The largest absolute Gasteiger partial charge is 0.465 e. The van der Waals surface area contributed by atoms with E-state index in [9.17, 15) is 9.59 Å². The summed E-state index contributed by atoms with van der Waals surface area (Å²) in [5.41, 5.74) is 1.13. The molecule has 0 N–H and O–H groups in total. The third kappa shape index (κ3) is 8.37. The fraction of sp³-hybridized carbons (Fsp3) is 0.722. The third-order valence-corrected chi connectivity index (χ3v) is 13.9. The van der Waals surface area contributed by atoms with Crippen molar-refractivity contribution in [3.05, 3.63) is 34.2 Å². The number of hydrogen-bond acceptors (Lipinski definition) is 6. The number of allylic oxidation sites excluding steroid dienone is 1. The Hall–Kier alpha value is -2.26. The van der Waals surface area contributed by atoms with Gasteiger partial charge in [0.15, 0.2) is 0 Å². The van der Waals surface area contributed by atoms with E-state index in [-0.39, 0.29) is 24.0 Å². The molecule has 3 saturated carbocycles. The van der Waals surface area contributed by atoms with E-state index in [1.54, 1.807) is 11.3 Å². The zero-order valence-corrected chi connectivity index (χ0v) is 30.6. The van der Waals surface area contributed by atoms with E-state index < -0.39 is 8.07 Å². The number of nitrogens with zero attached hydrogens (tertiary/aromatic N) is 4. The lowest BCUT2D eigenvalue weighted by Gasteiger charge is -2.37. The van der Waals surface area contributed by atoms with Gasteiger partial charge in [0, 0.05) is 23.5 Å². The number of amides is 1. The van der Waals surface area contributed by atoms with Crippen LogP contribution >= 0.6 is 11.3 Å². The number of anilines is 1. The van der Waals surface area contributed by atoms with E-state index in [0.29, 0.717) is 28.5 Å². The van der Waals surface area contributed by atoms with E-state index in [4.69, 9.17) is 4.74 Å². The molecule has 2 aromatic rings. The average molecular weight is 653 g/mol. The van der Waals surface area contributed by atoms with Crippen molar-refractivity contribution in [3.8, 4) is 0 Å². The molecule has 0 unspecified atom stereocenters. The van der Waals surface area contributed by atoms with E-state index in [1.165, 1.54) is 50.5 Å². The number of aromatic nitrogens is 3. The number of carbonyl (C=O) groups is 2. The molecule has 0 radical (unpaired) electrons. The van der Waals surface area contributed by atoms with Crippen molar-refractivity contribution in [2.75, 3.05) is 12.0 Å². The van der Waals surface area contributed by atoms with Crippen molar-refractivity contribution < 1.29 is 14.3 Å². The summed E-state index contributed by atoms with van der Waals surface area (Å²) >= 11 is 1.55. The average Bonchev–Trinajstić information content (AvgIpc) is 3.67. The zero-order chi connectivity index (χ0) is 32.4. The van der Waals surface area contributed by atoms with Crippen molar-refractivity contribution >= 4 is 42.3 Å². The fourth-order valence-electron chi connectivity index (χ4n) is 7.56. The van der Waals surface area contributed by atoms with Crippen LogP contribution in [0.3, 0.4) is 0 Å². The molecule has 0 aliphatic heterocycles. The number of methoxy groups -OCH3 is 1. The maximum atomic E-state index is 14.2. The van der Waals surface area contributed by atoms with Crippen LogP contribution in [0.2, 0.25) is 19.6 Å². The number of rotatable bonds is 9. The molecule has 45 heavy (non-hydrogen) atoms.